The molecule has 2 heterocycles. The lowest BCUT2D eigenvalue weighted by Gasteiger charge is -2.38. The maximum absolute atomic E-state index is 6.71. The van der Waals surface area contributed by atoms with E-state index in [0.29, 0.717) is 17.8 Å². The number of hydrogen-bond acceptors (Lipinski definition) is 7. The van der Waals surface area contributed by atoms with Gasteiger partial charge in [-0.05, 0) is 74.0 Å². The van der Waals surface area contributed by atoms with Crippen molar-refractivity contribution in [2.75, 3.05) is 37.4 Å². The normalized spacial score (nSPS) is 24.2. The molecule has 3 aliphatic rings. The molecule has 7 heteroatoms. The fourth-order valence-electron chi connectivity index (χ4n) is 6.12. The number of nitrogens with two attached hydrogens (primary N) is 2. The molecule has 2 aromatic rings. The smallest absolute Gasteiger partial charge is 0.143 e. The summed E-state index contributed by atoms with van der Waals surface area (Å²) in [6, 6.07) is 4.62. The topological polar surface area (TPSA) is 99.5 Å². The highest BCUT2D eigenvalue weighted by atomic mass is 16.5. The lowest BCUT2D eigenvalue weighted by Crippen LogP contribution is -2.34. The molecular weight excluding hydrogens is 426 g/mol. The molecule has 2 fully saturated rings. The molecule has 1 aromatic heterocycles. The molecule has 1 aliphatic heterocycles. The van der Waals surface area contributed by atoms with E-state index in [1.165, 1.54) is 11.3 Å². The molecule has 0 bridgehead atoms. The van der Waals surface area contributed by atoms with Gasteiger partial charge in [0.15, 0.2) is 0 Å². The van der Waals surface area contributed by atoms with Crippen LogP contribution in [-0.4, -0.2) is 48.9 Å². The van der Waals surface area contributed by atoms with Crippen LogP contribution in [0.2, 0.25) is 0 Å². The van der Waals surface area contributed by atoms with Gasteiger partial charge < -0.3 is 25.8 Å². The van der Waals surface area contributed by atoms with Crippen molar-refractivity contribution in [2.45, 2.75) is 76.4 Å². The Hall–Kier alpha value is -2.38. The summed E-state index contributed by atoms with van der Waals surface area (Å²) in [5, 5.41) is 0. The number of aromatic nitrogens is 2. The van der Waals surface area contributed by atoms with E-state index in [-0.39, 0.29) is 11.5 Å². The van der Waals surface area contributed by atoms with Crippen molar-refractivity contribution in [2.24, 2.45) is 11.7 Å². The van der Waals surface area contributed by atoms with Gasteiger partial charge in [0.1, 0.15) is 17.9 Å². The van der Waals surface area contributed by atoms with Gasteiger partial charge in [-0.1, -0.05) is 13.8 Å². The Bertz CT molecular complexity index is 1030. The number of anilines is 2. The van der Waals surface area contributed by atoms with E-state index in [1.807, 2.05) is 0 Å². The summed E-state index contributed by atoms with van der Waals surface area (Å²) >= 11 is 0. The summed E-state index contributed by atoms with van der Waals surface area (Å²) in [4.78, 5) is 11.4. The predicted molar refractivity (Wildman–Crippen MR) is 136 cm³/mol. The number of nitrogen functional groups attached to an aromatic ring is 1. The van der Waals surface area contributed by atoms with Gasteiger partial charge in [0, 0.05) is 44.0 Å². The summed E-state index contributed by atoms with van der Waals surface area (Å²) in [6.07, 6.45) is 8.96. The molecule has 2 aliphatic carbocycles. The van der Waals surface area contributed by atoms with Crippen molar-refractivity contribution >= 4 is 11.5 Å². The van der Waals surface area contributed by atoms with E-state index >= 15 is 0 Å². The maximum Gasteiger partial charge on any atom is 0.143 e. The van der Waals surface area contributed by atoms with Crippen molar-refractivity contribution in [1.82, 2.24) is 9.97 Å². The molecule has 0 atom stereocenters. The summed E-state index contributed by atoms with van der Waals surface area (Å²) < 4.78 is 12.3. The molecule has 4 N–H and O–H groups in total. The van der Waals surface area contributed by atoms with Crippen LogP contribution in [0.5, 0.6) is 5.75 Å². The monoisotopic (exact) mass is 465 g/mol. The molecule has 1 saturated carbocycles. The number of ether oxygens (including phenoxy) is 2. The third-order valence-electron chi connectivity index (χ3n) is 7.94. The van der Waals surface area contributed by atoms with Crippen molar-refractivity contribution in [3.05, 3.63) is 29.6 Å². The van der Waals surface area contributed by atoms with Gasteiger partial charge in [0.2, 0.25) is 0 Å². The number of benzene rings is 1. The number of fused-ring (bicyclic) bond motifs is 3. The molecule has 7 nitrogen and oxygen atoms in total. The fraction of sp³-hybridized carbons (Fsp3) is 0.630. The highest BCUT2D eigenvalue weighted by Crippen LogP contribution is 2.49. The molecule has 0 unspecified atom stereocenters. The molecule has 0 spiro atoms. The second kappa shape index (κ2) is 9.34. The van der Waals surface area contributed by atoms with Crippen LogP contribution in [-0.2, 0) is 16.6 Å². The van der Waals surface area contributed by atoms with Crippen LogP contribution < -0.4 is 21.1 Å². The second-order valence-electron chi connectivity index (χ2n) is 11.1. The minimum absolute atomic E-state index is 0.168. The van der Waals surface area contributed by atoms with E-state index in [1.54, 1.807) is 6.33 Å². The van der Waals surface area contributed by atoms with Gasteiger partial charge in [0.25, 0.3) is 0 Å². The van der Waals surface area contributed by atoms with Crippen LogP contribution >= 0.6 is 0 Å². The van der Waals surface area contributed by atoms with Crippen molar-refractivity contribution in [3.8, 4) is 17.0 Å². The van der Waals surface area contributed by atoms with Gasteiger partial charge >= 0.3 is 0 Å². The van der Waals surface area contributed by atoms with E-state index in [2.05, 4.69) is 42.9 Å². The van der Waals surface area contributed by atoms with Crippen molar-refractivity contribution in [3.63, 3.8) is 0 Å². The molecule has 0 radical (unpaired) electrons. The van der Waals surface area contributed by atoms with Gasteiger partial charge in [-0.25, -0.2) is 9.97 Å². The Morgan fingerprint density at radius 3 is 2.56 bits per heavy atom. The maximum atomic E-state index is 6.71. The first-order valence-electron chi connectivity index (χ1n) is 12.8. The number of nitrogens with zero attached hydrogens (tertiary/aromatic N) is 3. The zero-order chi connectivity index (χ0) is 23.9. The Morgan fingerprint density at radius 1 is 1.09 bits per heavy atom. The summed E-state index contributed by atoms with van der Waals surface area (Å²) in [5.41, 5.74) is 18.0. The zero-order valence-electron chi connectivity index (χ0n) is 20.8. The zero-order valence-corrected chi connectivity index (χ0v) is 20.8. The van der Waals surface area contributed by atoms with Crippen LogP contribution in [0.3, 0.4) is 0 Å². The van der Waals surface area contributed by atoms with Crippen molar-refractivity contribution < 1.29 is 9.47 Å². The Kier molecular flexibility index (Phi) is 6.42. The summed E-state index contributed by atoms with van der Waals surface area (Å²) in [5.74, 6) is 2.18. The average Bonchev–Trinajstić information content (AvgIpc) is 2.80. The third kappa shape index (κ3) is 4.48. The largest absolute Gasteiger partial charge is 0.488 e. The predicted octanol–water partition coefficient (Wildman–Crippen LogP) is 4.07. The van der Waals surface area contributed by atoms with E-state index < -0.39 is 0 Å². The SMILES string of the molecule is CN(CC1CCOCC1)c1c(OC2CCC(N)CC2)ccc2c1CC(C)(C)c1c(N)ncnc1-2. The van der Waals surface area contributed by atoms with Crippen LogP contribution in [0.1, 0.15) is 63.5 Å². The summed E-state index contributed by atoms with van der Waals surface area (Å²) in [6.45, 7) is 7.19. The lowest BCUT2D eigenvalue weighted by molar-refractivity contribution is 0.0684. The number of rotatable bonds is 5. The molecule has 5 rings (SSSR count). The van der Waals surface area contributed by atoms with Crippen LogP contribution in [0, 0.1) is 5.92 Å². The first-order valence-corrected chi connectivity index (χ1v) is 12.8. The van der Waals surface area contributed by atoms with Crippen LogP contribution in [0.15, 0.2) is 18.5 Å². The number of hydrogen-bond donors (Lipinski definition) is 2. The first-order chi connectivity index (χ1) is 16.3. The third-order valence-corrected chi connectivity index (χ3v) is 7.94. The van der Waals surface area contributed by atoms with Gasteiger partial charge in [-0.2, -0.15) is 0 Å². The molecule has 1 saturated heterocycles. The van der Waals surface area contributed by atoms with Gasteiger partial charge in [0.05, 0.1) is 17.5 Å². The van der Waals surface area contributed by atoms with E-state index in [4.69, 9.17) is 25.9 Å². The standard InChI is InChI=1S/C27H39N5O2/c1-27(2)14-21-20(24-23(27)26(29)31-16-30-24)8-9-22(34-19-6-4-18(28)5-7-19)25(21)32(3)15-17-10-12-33-13-11-17/h8-9,16-19H,4-7,10-15,28H2,1-3H3,(H2,29,30,31). The highest BCUT2D eigenvalue weighted by Gasteiger charge is 2.37. The Morgan fingerprint density at radius 2 is 1.82 bits per heavy atom. The van der Waals surface area contributed by atoms with Gasteiger partial charge in [-0.15, -0.1) is 0 Å². The lowest BCUT2D eigenvalue weighted by atomic mass is 9.71. The van der Waals surface area contributed by atoms with Crippen molar-refractivity contribution in [1.29, 1.82) is 0 Å². The Labute approximate surface area is 203 Å². The fourth-order valence-corrected chi connectivity index (χ4v) is 6.12. The Balaban J connectivity index is 1.56. The van der Waals surface area contributed by atoms with Crippen LogP contribution in [0.25, 0.3) is 11.3 Å². The highest BCUT2D eigenvalue weighted by molar-refractivity contribution is 5.83. The molecular formula is C27H39N5O2. The van der Waals surface area contributed by atoms with E-state index in [0.717, 1.165) is 87.3 Å². The summed E-state index contributed by atoms with van der Waals surface area (Å²) in [7, 11) is 2.21. The molecule has 184 valence electrons. The molecule has 1 aromatic carbocycles. The van der Waals surface area contributed by atoms with Crippen LogP contribution in [0.4, 0.5) is 11.5 Å². The molecule has 34 heavy (non-hydrogen) atoms. The van der Waals surface area contributed by atoms with Gasteiger partial charge in [-0.3, -0.25) is 0 Å². The molecule has 0 amide bonds. The average molecular weight is 466 g/mol. The first kappa shape index (κ1) is 23.4. The minimum atomic E-state index is -0.168. The quantitative estimate of drug-likeness (QED) is 0.686. The van der Waals surface area contributed by atoms with E-state index in [9.17, 15) is 0 Å². The minimum Gasteiger partial charge on any atom is -0.488 e. The second-order valence-corrected chi connectivity index (χ2v) is 11.1.